The van der Waals surface area contributed by atoms with Crippen LogP contribution in [0.5, 0.6) is 0 Å². The van der Waals surface area contributed by atoms with Gasteiger partial charge in [0.2, 0.25) is 0 Å². The summed E-state index contributed by atoms with van der Waals surface area (Å²) in [5.74, 6) is 3.65. The lowest BCUT2D eigenvalue weighted by Gasteiger charge is -2.29. The zero-order valence-corrected chi connectivity index (χ0v) is 18.1. The molecule has 0 amide bonds. The molecule has 2 heteroatoms. The summed E-state index contributed by atoms with van der Waals surface area (Å²) in [7, 11) is -1.47. The number of rotatable bonds is 6. The van der Waals surface area contributed by atoms with Crippen LogP contribution >= 0.6 is 0 Å². The van der Waals surface area contributed by atoms with E-state index < -0.39 is 8.07 Å². The van der Waals surface area contributed by atoms with Gasteiger partial charge in [-0.25, -0.2) is 0 Å². The van der Waals surface area contributed by atoms with Crippen LogP contribution in [0.15, 0.2) is 91.0 Å². The maximum atomic E-state index is 3.65. The Morgan fingerprint density at radius 2 is 1.11 bits per heavy atom. The van der Waals surface area contributed by atoms with Crippen molar-refractivity contribution in [3.63, 3.8) is 0 Å². The third kappa shape index (κ3) is 6.23. The number of hydrogen-bond donors (Lipinski definition) is 0. The summed E-state index contributed by atoms with van der Waals surface area (Å²) in [6.45, 7) is 8.66. The van der Waals surface area contributed by atoms with Crippen molar-refractivity contribution in [3.05, 3.63) is 108 Å². The fourth-order valence-electron chi connectivity index (χ4n) is 3.18. The fourth-order valence-corrected chi connectivity index (χ4v) is 3.75. The van der Waals surface area contributed by atoms with Gasteiger partial charge in [0, 0.05) is 13.1 Å². The molecule has 142 valence electrons. The lowest BCUT2D eigenvalue weighted by atomic mass is 10.0. The van der Waals surface area contributed by atoms with Crippen LogP contribution in [0.25, 0.3) is 0 Å². The number of hydrogen-bond acceptors (Lipinski definition) is 1. The first-order chi connectivity index (χ1) is 13.5. The molecule has 1 nitrogen and oxygen atoms in total. The summed E-state index contributed by atoms with van der Waals surface area (Å²) >= 11 is 0. The molecule has 1 atom stereocenters. The van der Waals surface area contributed by atoms with Crippen LogP contribution in [-0.2, 0) is 13.1 Å². The third-order valence-electron chi connectivity index (χ3n) is 4.52. The smallest absolute Gasteiger partial charge is 0.129 e. The maximum Gasteiger partial charge on any atom is 0.129 e. The van der Waals surface area contributed by atoms with E-state index >= 15 is 0 Å². The van der Waals surface area contributed by atoms with Gasteiger partial charge in [-0.05, 0) is 16.7 Å². The molecule has 0 N–H and O–H groups in total. The largest absolute Gasteiger partial charge is 0.278 e. The Hall–Kier alpha value is -2.60. The lowest BCUT2D eigenvalue weighted by Crippen LogP contribution is -2.28. The highest BCUT2D eigenvalue weighted by Crippen LogP contribution is 2.25. The second-order valence-corrected chi connectivity index (χ2v) is 13.0. The Morgan fingerprint density at radius 3 is 1.54 bits per heavy atom. The third-order valence-corrected chi connectivity index (χ3v) is 5.42. The molecule has 0 unspecified atom stereocenters. The van der Waals surface area contributed by atoms with Gasteiger partial charge in [-0.3, -0.25) is 4.90 Å². The summed E-state index contributed by atoms with van der Waals surface area (Å²) in [5.41, 5.74) is 7.51. The van der Waals surface area contributed by atoms with E-state index in [-0.39, 0.29) is 6.04 Å². The van der Waals surface area contributed by atoms with E-state index in [1.165, 1.54) is 16.7 Å². The summed E-state index contributed by atoms with van der Waals surface area (Å²) in [4.78, 5) is 2.49. The Labute approximate surface area is 171 Å². The van der Waals surface area contributed by atoms with Crippen LogP contribution in [0.4, 0.5) is 0 Å². The molecule has 28 heavy (non-hydrogen) atoms. The SMILES string of the molecule is C[Si](C)(C)C#C[C@@H](c1ccccc1)N(Cc1ccccc1)Cc1ccccc1. The van der Waals surface area contributed by atoms with E-state index in [2.05, 4.69) is 127 Å². The Balaban J connectivity index is 2.00. The zero-order chi connectivity index (χ0) is 19.8. The molecule has 3 aromatic carbocycles. The maximum absolute atomic E-state index is 3.65. The molecule has 0 radical (unpaired) electrons. The Bertz CT molecular complexity index is 861. The minimum atomic E-state index is -1.47. The molecule has 0 aliphatic carbocycles. The van der Waals surface area contributed by atoms with E-state index in [0.717, 1.165) is 13.1 Å². The fraction of sp³-hybridized carbons (Fsp3) is 0.231. The zero-order valence-electron chi connectivity index (χ0n) is 17.1. The van der Waals surface area contributed by atoms with Gasteiger partial charge >= 0.3 is 0 Å². The van der Waals surface area contributed by atoms with Crippen LogP contribution in [0.1, 0.15) is 22.7 Å². The van der Waals surface area contributed by atoms with Crippen LogP contribution in [0, 0.1) is 11.5 Å². The van der Waals surface area contributed by atoms with Crippen LogP contribution in [0.2, 0.25) is 19.6 Å². The van der Waals surface area contributed by atoms with Crippen molar-refractivity contribution in [2.75, 3.05) is 0 Å². The van der Waals surface area contributed by atoms with Crippen LogP contribution in [-0.4, -0.2) is 13.0 Å². The first-order valence-electron chi connectivity index (χ1n) is 9.91. The number of nitrogens with zero attached hydrogens (tertiary/aromatic N) is 1. The van der Waals surface area contributed by atoms with Gasteiger partial charge < -0.3 is 0 Å². The van der Waals surface area contributed by atoms with Crippen molar-refractivity contribution in [1.29, 1.82) is 0 Å². The highest BCUT2D eigenvalue weighted by atomic mass is 28.3. The van der Waals surface area contributed by atoms with Crippen molar-refractivity contribution in [1.82, 2.24) is 4.90 Å². The Morgan fingerprint density at radius 1 is 0.679 bits per heavy atom. The van der Waals surface area contributed by atoms with Gasteiger partial charge in [-0.2, -0.15) is 0 Å². The summed E-state index contributed by atoms with van der Waals surface area (Å²) in [6, 6.07) is 32.2. The Kier molecular flexibility index (Phi) is 6.87. The second-order valence-electron chi connectivity index (χ2n) is 8.21. The van der Waals surface area contributed by atoms with Gasteiger partial charge in [0.05, 0.1) is 6.04 Å². The monoisotopic (exact) mass is 383 g/mol. The van der Waals surface area contributed by atoms with E-state index in [9.17, 15) is 0 Å². The van der Waals surface area contributed by atoms with Gasteiger partial charge in [0.25, 0.3) is 0 Å². The van der Waals surface area contributed by atoms with Gasteiger partial charge in [0.1, 0.15) is 8.07 Å². The minimum absolute atomic E-state index is 0.0772. The second kappa shape index (κ2) is 9.55. The molecule has 3 rings (SSSR count). The molecule has 0 fully saturated rings. The highest BCUT2D eigenvalue weighted by molar-refractivity contribution is 6.83. The van der Waals surface area contributed by atoms with E-state index in [1.807, 2.05) is 0 Å². The van der Waals surface area contributed by atoms with Crippen molar-refractivity contribution >= 4 is 8.07 Å². The van der Waals surface area contributed by atoms with Gasteiger partial charge in [-0.15, -0.1) is 5.54 Å². The molecule has 0 bridgehead atoms. The molecule has 0 aliphatic rings. The molecule has 0 aromatic heterocycles. The molecule has 3 aromatic rings. The van der Waals surface area contributed by atoms with Crippen molar-refractivity contribution in [3.8, 4) is 11.5 Å². The molecule has 0 heterocycles. The standard InChI is InChI=1S/C26H29NSi/c1-28(2,3)20-19-26(25-17-11-6-12-18-25)27(21-23-13-7-4-8-14-23)22-24-15-9-5-10-16-24/h4-18,26H,21-22H2,1-3H3/t26-/m0/s1. The quantitative estimate of drug-likeness (QED) is 0.356. The highest BCUT2D eigenvalue weighted by Gasteiger charge is 2.20. The predicted octanol–water partition coefficient (Wildman–Crippen LogP) is 6.31. The lowest BCUT2D eigenvalue weighted by molar-refractivity contribution is 0.219. The number of benzene rings is 3. The van der Waals surface area contributed by atoms with Crippen LogP contribution in [0.3, 0.4) is 0 Å². The molecule has 0 spiro atoms. The average molecular weight is 384 g/mol. The summed E-state index contributed by atoms with van der Waals surface area (Å²) in [5, 5.41) is 0. The molecular formula is C26H29NSi. The predicted molar refractivity (Wildman–Crippen MR) is 122 cm³/mol. The molecule has 0 aliphatic heterocycles. The van der Waals surface area contributed by atoms with E-state index in [1.54, 1.807) is 0 Å². The van der Waals surface area contributed by atoms with Crippen LogP contribution < -0.4 is 0 Å². The van der Waals surface area contributed by atoms with Gasteiger partial charge in [-0.1, -0.05) is 117 Å². The summed E-state index contributed by atoms with van der Waals surface area (Å²) < 4.78 is 0. The van der Waals surface area contributed by atoms with Gasteiger partial charge in [0.15, 0.2) is 0 Å². The summed E-state index contributed by atoms with van der Waals surface area (Å²) in [6.07, 6.45) is 0. The first-order valence-corrected chi connectivity index (χ1v) is 13.4. The molecule has 0 saturated heterocycles. The van der Waals surface area contributed by atoms with Crippen molar-refractivity contribution in [2.24, 2.45) is 0 Å². The van der Waals surface area contributed by atoms with Crippen molar-refractivity contribution < 1.29 is 0 Å². The van der Waals surface area contributed by atoms with E-state index in [4.69, 9.17) is 0 Å². The minimum Gasteiger partial charge on any atom is -0.278 e. The van der Waals surface area contributed by atoms with Crippen molar-refractivity contribution in [2.45, 2.75) is 38.8 Å². The first kappa shape index (κ1) is 20.1. The topological polar surface area (TPSA) is 3.24 Å². The normalized spacial score (nSPS) is 12.3. The average Bonchev–Trinajstić information content (AvgIpc) is 2.69. The molecular weight excluding hydrogens is 354 g/mol. The molecule has 0 saturated carbocycles. The van der Waals surface area contributed by atoms with E-state index in [0.29, 0.717) is 0 Å².